The summed E-state index contributed by atoms with van der Waals surface area (Å²) in [4.78, 5) is 0. The van der Waals surface area contributed by atoms with Crippen LogP contribution in [0.5, 0.6) is 0 Å². The molecule has 0 saturated heterocycles. The molecule has 0 aromatic heterocycles. The molecule has 5 N–H and O–H groups in total. The summed E-state index contributed by atoms with van der Waals surface area (Å²) in [6, 6.07) is 0. The van der Waals surface area contributed by atoms with Gasteiger partial charge in [-0.05, 0) is 38.1 Å². The molecular weight excluding hydrogens is 174 g/mol. The molecule has 0 aliphatic heterocycles. The predicted molar refractivity (Wildman–Crippen MR) is 62.6 cm³/mol. The summed E-state index contributed by atoms with van der Waals surface area (Å²) in [5.74, 6) is 0.663. The van der Waals surface area contributed by atoms with Crippen LogP contribution in [-0.4, -0.2) is 12.8 Å². The van der Waals surface area contributed by atoms with E-state index in [0.29, 0.717) is 5.92 Å². The van der Waals surface area contributed by atoms with E-state index in [0.717, 1.165) is 19.4 Å². The summed E-state index contributed by atoms with van der Waals surface area (Å²) in [5.41, 5.74) is 12.1. The van der Waals surface area contributed by atoms with Crippen LogP contribution in [0.15, 0.2) is 12.2 Å². The van der Waals surface area contributed by atoms with Crippen LogP contribution in [0.1, 0.15) is 39.5 Å². The van der Waals surface area contributed by atoms with E-state index in [4.69, 9.17) is 11.5 Å². The van der Waals surface area contributed by atoms with E-state index in [1.807, 2.05) is 0 Å². The van der Waals surface area contributed by atoms with Crippen molar-refractivity contribution in [2.75, 3.05) is 6.54 Å². The van der Waals surface area contributed by atoms with E-state index in [-0.39, 0.29) is 6.29 Å². The van der Waals surface area contributed by atoms with Gasteiger partial charge >= 0.3 is 0 Å². The molecule has 0 fully saturated rings. The fraction of sp³-hybridized carbons (Fsp3) is 0.818. The minimum atomic E-state index is -0.385. The lowest BCUT2D eigenvalue weighted by molar-refractivity contribution is 0.467. The highest BCUT2D eigenvalue weighted by Gasteiger charge is 2.08. The van der Waals surface area contributed by atoms with E-state index in [9.17, 15) is 0 Å². The quantitative estimate of drug-likeness (QED) is 0.316. The van der Waals surface area contributed by atoms with Gasteiger partial charge in [-0.1, -0.05) is 26.0 Å². The molecule has 0 aliphatic rings. The van der Waals surface area contributed by atoms with E-state index in [1.54, 1.807) is 0 Å². The van der Waals surface area contributed by atoms with Crippen molar-refractivity contribution in [1.82, 2.24) is 5.32 Å². The third-order valence-corrected chi connectivity index (χ3v) is 2.63. The van der Waals surface area contributed by atoms with Gasteiger partial charge in [-0.15, -0.1) is 0 Å². The number of rotatable bonds is 8. The monoisotopic (exact) mass is 199 g/mol. The number of hydrogen-bond acceptors (Lipinski definition) is 3. The molecule has 0 aromatic rings. The smallest absolute Gasteiger partial charge is 0.106 e. The molecule has 0 aliphatic carbocycles. The molecule has 0 bridgehead atoms. The van der Waals surface area contributed by atoms with Gasteiger partial charge in [0.1, 0.15) is 6.29 Å². The molecule has 0 radical (unpaired) electrons. The molecular formula is C11H25N3. The number of nitrogens with two attached hydrogens (primary N) is 2. The van der Waals surface area contributed by atoms with Crippen LogP contribution in [0, 0.1) is 5.92 Å². The number of allylic oxidation sites excluding steroid dienone is 1. The lowest BCUT2D eigenvalue weighted by Crippen LogP contribution is -2.45. The highest BCUT2D eigenvalue weighted by molar-refractivity contribution is 4.98. The highest BCUT2D eigenvalue weighted by Crippen LogP contribution is 2.21. The first kappa shape index (κ1) is 13.6. The third kappa shape index (κ3) is 6.13. The molecule has 0 rings (SSSR count). The largest absolute Gasteiger partial charge is 0.304 e. The second-order valence-electron chi connectivity index (χ2n) is 3.74. The van der Waals surface area contributed by atoms with Crippen molar-refractivity contribution in [3.8, 4) is 0 Å². The molecule has 14 heavy (non-hydrogen) atoms. The topological polar surface area (TPSA) is 64.1 Å². The van der Waals surface area contributed by atoms with Gasteiger partial charge in [0.15, 0.2) is 0 Å². The van der Waals surface area contributed by atoms with Crippen molar-refractivity contribution in [3.63, 3.8) is 0 Å². The standard InChI is InChI=1S/C11H25N3/c1-4-9(3)10(5-2)7-6-8-14-11(12)13/h10-11,14H,3-8,12-13H2,1-2H3/t10-/m1/s1. The summed E-state index contributed by atoms with van der Waals surface area (Å²) in [5, 5.41) is 3.01. The van der Waals surface area contributed by atoms with Crippen molar-refractivity contribution >= 4 is 0 Å². The average molecular weight is 199 g/mol. The zero-order valence-electron chi connectivity index (χ0n) is 9.55. The Hall–Kier alpha value is -0.380. The summed E-state index contributed by atoms with van der Waals surface area (Å²) in [6.45, 7) is 9.36. The van der Waals surface area contributed by atoms with Gasteiger partial charge in [-0.2, -0.15) is 0 Å². The summed E-state index contributed by atoms with van der Waals surface area (Å²) in [6.07, 6.45) is 4.18. The van der Waals surface area contributed by atoms with Crippen LogP contribution in [0.25, 0.3) is 0 Å². The number of nitrogens with one attached hydrogen (secondary N) is 1. The summed E-state index contributed by atoms with van der Waals surface area (Å²) >= 11 is 0. The maximum absolute atomic E-state index is 5.38. The maximum Gasteiger partial charge on any atom is 0.106 e. The Bertz CT molecular complexity index is 155. The maximum atomic E-state index is 5.38. The molecule has 0 aromatic carbocycles. The average Bonchev–Trinajstić information content (AvgIpc) is 2.16. The Kier molecular flexibility index (Phi) is 7.76. The molecule has 3 nitrogen and oxygen atoms in total. The van der Waals surface area contributed by atoms with Gasteiger partial charge in [0, 0.05) is 0 Å². The molecule has 0 amide bonds. The van der Waals surface area contributed by atoms with Crippen LogP contribution >= 0.6 is 0 Å². The minimum Gasteiger partial charge on any atom is -0.304 e. The Morgan fingerprint density at radius 1 is 1.36 bits per heavy atom. The first-order valence-electron chi connectivity index (χ1n) is 5.54. The molecule has 0 spiro atoms. The third-order valence-electron chi connectivity index (χ3n) is 2.63. The van der Waals surface area contributed by atoms with Crippen LogP contribution in [0.4, 0.5) is 0 Å². The minimum absolute atomic E-state index is 0.385. The normalized spacial score (nSPS) is 13.2. The highest BCUT2D eigenvalue weighted by atomic mass is 15.1. The molecule has 0 heterocycles. The van der Waals surface area contributed by atoms with Crippen molar-refractivity contribution in [3.05, 3.63) is 12.2 Å². The molecule has 3 heteroatoms. The van der Waals surface area contributed by atoms with Crippen LogP contribution in [-0.2, 0) is 0 Å². The molecule has 1 atom stereocenters. The van der Waals surface area contributed by atoms with Gasteiger partial charge < -0.3 is 11.5 Å². The first-order chi connectivity index (χ1) is 6.61. The van der Waals surface area contributed by atoms with E-state index < -0.39 is 0 Å². The molecule has 84 valence electrons. The zero-order chi connectivity index (χ0) is 11.0. The van der Waals surface area contributed by atoms with Gasteiger partial charge in [0.25, 0.3) is 0 Å². The first-order valence-corrected chi connectivity index (χ1v) is 5.54. The van der Waals surface area contributed by atoms with Crippen LogP contribution in [0.2, 0.25) is 0 Å². The second-order valence-corrected chi connectivity index (χ2v) is 3.74. The predicted octanol–water partition coefficient (Wildman–Crippen LogP) is 1.55. The molecule has 0 saturated carbocycles. The fourth-order valence-electron chi connectivity index (χ4n) is 1.60. The van der Waals surface area contributed by atoms with Crippen molar-refractivity contribution < 1.29 is 0 Å². The summed E-state index contributed by atoms with van der Waals surface area (Å²) < 4.78 is 0. The Labute approximate surface area is 87.9 Å². The SMILES string of the molecule is C=C(CC)[C@H](CC)CCCNC(N)N. The zero-order valence-corrected chi connectivity index (χ0v) is 9.55. The van der Waals surface area contributed by atoms with Crippen LogP contribution in [0.3, 0.4) is 0 Å². The van der Waals surface area contributed by atoms with E-state index in [2.05, 4.69) is 25.7 Å². The van der Waals surface area contributed by atoms with Gasteiger partial charge in [-0.25, -0.2) is 0 Å². The van der Waals surface area contributed by atoms with Gasteiger partial charge in [-0.3, -0.25) is 5.32 Å². The second kappa shape index (κ2) is 7.97. The van der Waals surface area contributed by atoms with Crippen molar-refractivity contribution in [2.45, 2.75) is 45.8 Å². The van der Waals surface area contributed by atoms with Gasteiger partial charge in [0.2, 0.25) is 0 Å². The lowest BCUT2D eigenvalue weighted by atomic mass is 9.91. The van der Waals surface area contributed by atoms with E-state index >= 15 is 0 Å². The number of hydrogen-bond donors (Lipinski definition) is 3. The Balaban J connectivity index is 3.58. The molecule has 0 unspecified atom stereocenters. The summed E-state index contributed by atoms with van der Waals surface area (Å²) in [7, 11) is 0. The fourth-order valence-corrected chi connectivity index (χ4v) is 1.60. The van der Waals surface area contributed by atoms with Crippen LogP contribution < -0.4 is 16.8 Å². The van der Waals surface area contributed by atoms with Crippen molar-refractivity contribution in [2.24, 2.45) is 17.4 Å². The lowest BCUT2D eigenvalue weighted by Gasteiger charge is -2.17. The van der Waals surface area contributed by atoms with Crippen molar-refractivity contribution in [1.29, 1.82) is 0 Å². The van der Waals surface area contributed by atoms with Gasteiger partial charge in [0.05, 0.1) is 0 Å². The Morgan fingerprint density at radius 3 is 2.43 bits per heavy atom. The van der Waals surface area contributed by atoms with E-state index in [1.165, 1.54) is 18.4 Å². The Morgan fingerprint density at radius 2 is 2.00 bits per heavy atom.